The minimum Gasteiger partial charge on any atom is -0.507 e. The van der Waals surface area contributed by atoms with Crippen LogP contribution in [0.4, 0.5) is 5.69 Å². The lowest BCUT2D eigenvalue weighted by Crippen LogP contribution is -2.65. The number of anilines is 1. The van der Waals surface area contributed by atoms with Crippen molar-refractivity contribution in [3.63, 3.8) is 0 Å². The number of hydrogen-bond acceptors (Lipinski definition) is 28. The van der Waals surface area contributed by atoms with Gasteiger partial charge in [0.25, 0.3) is 0 Å². The Bertz CT molecular complexity index is 2670. The van der Waals surface area contributed by atoms with Crippen LogP contribution in [0.3, 0.4) is 0 Å². The zero-order valence-corrected chi connectivity index (χ0v) is 36.2. The van der Waals surface area contributed by atoms with Crippen LogP contribution in [0.5, 0.6) is 28.7 Å². The van der Waals surface area contributed by atoms with Crippen LogP contribution in [0, 0.1) is 23.7 Å². The average molecular weight is 1050 g/mol. The highest BCUT2D eigenvalue weighted by Crippen LogP contribution is 2.53. The van der Waals surface area contributed by atoms with Crippen LogP contribution in [0.1, 0.15) is 37.9 Å². The minimum atomic E-state index is -3.34. The second-order valence-electron chi connectivity index (χ2n) is 14.8. The molecule has 1 saturated carbocycles. The largest absolute Gasteiger partial charge is 0.507 e. The molecule has 32 nitrogen and oxygen atoms in total. The first-order valence-corrected chi connectivity index (χ1v) is 19.8. The lowest BCUT2D eigenvalue weighted by atomic mass is 9.63. The third-order valence-electron chi connectivity index (χ3n) is 10.8. The van der Waals surface area contributed by atoms with E-state index in [1.165, 1.54) is 0 Å². The van der Waals surface area contributed by atoms with Crippen LogP contribution in [0.25, 0.3) is 5.76 Å². The number of carboxylic acids is 6. The van der Waals surface area contributed by atoms with Gasteiger partial charge in [0.15, 0.2) is 28.8 Å². The van der Waals surface area contributed by atoms with Crippen molar-refractivity contribution >= 4 is 96.4 Å². The molecule has 2 aromatic carbocycles. The molecule has 1 fully saturated rings. The standard InChI is InChI=1S/C37H35NO31S2/c38-12-19(46)8(34(63)69-36(65)32(60)61)6-17(44)11(29(54)55)37(71)68-23(6)24(12)66-33(62)7(20(47)21(48)22(49)30(56)57)5-15(42)9(28(52)53)18(45)10(16(5)43)35(64)67-25(31(58)59)13(40)2-1-3(39)4(27(50)51)26(70)14(2)41/h1,5,7,9-10,13,15-16,18,20-22,25,37,39-49,70-71H,38H2,(H,50,51)(H,52,53)(H,54,55)(H,56,57)(H,58,59)(H,60,61). The number of carboxylic acid groups (broad SMARTS) is 6. The molecular formula is C37H35NO31S2. The fourth-order valence-corrected chi connectivity index (χ4v) is 8.09. The summed E-state index contributed by atoms with van der Waals surface area (Å²) >= 11 is 7.49. The van der Waals surface area contributed by atoms with Crippen molar-refractivity contribution in [3.05, 3.63) is 33.9 Å². The van der Waals surface area contributed by atoms with Gasteiger partial charge in [0.05, 0.1) is 40.8 Å². The number of hydrogen-bond donors (Lipinski definition) is 20. The van der Waals surface area contributed by atoms with Crippen molar-refractivity contribution in [1.29, 1.82) is 0 Å². The van der Waals surface area contributed by atoms with Gasteiger partial charge in [0, 0.05) is 11.5 Å². The van der Waals surface area contributed by atoms with Gasteiger partial charge < -0.3 is 111 Å². The van der Waals surface area contributed by atoms with E-state index in [1.54, 1.807) is 0 Å². The maximum atomic E-state index is 14.4. The molecule has 0 spiro atoms. The Labute approximate surface area is 400 Å². The number of ether oxygens (including phenoxy) is 4. The Balaban J connectivity index is 1.96. The van der Waals surface area contributed by atoms with Gasteiger partial charge >= 0.3 is 59.7 Å². The van der Waals surface area contributed by atoms with E-state index in [2.05, 4.69) is 30.0 Å². The van der Waals surface area contributed by atoms with E-state index in [1.807, 2.05) is 0 Å². The summed E-state index contributed by atoms with van der Waals surface area (Å²) in [5, 5.41) is 178. The molecule has 71 heavy (non-hydrogen) atoms. The summed E-state index contributed by atoms with van der Waals surface area (Å²) in [5.74, 6) is -44.3. The van der Waals surface area contributed by atoms with Gasteiger partial charge in [0.2, 0.25) is 6.10 Å². The van der Waals surface area contributed by atoms with Gasteiger partial charge in [-0.05, 0) is 6.07 Å². The molecule has 1 aliphatic carbocycles. The first-order chi connectivity index (χ1) is 32.7. The fourth-order valence-electron chi connectivity index (χ4n) is 7.42. The number of thiol groups is 2. The number of aliphatic hydroxyl groups is 8. The number of aromatic hydroxyl groups is 3. The molecule has 13 unspecified atom stereocenters. The van der Waals surface area contributed by atoms with E-state index in [4.69, 9.17) is 25.1 Å². The van der Waals surface area contributed by atoms with Crippen LogP contribution in [-0.4, -0.2) is 195 Å². The van der Waals surface area contributed by atoms with E-state index >= 15 is 0 Å². The van der Waals surface area contributed by atoms with Crippen molar-refractivity contribution < 1.29 is 154 Å². The number of nitrogens with two attached hydrogens (primary N) is 1. The maximum Gasteiger partial charge on any atom is 0.425 e. The van der Waals surface area contributed by atoms with Crippen molar-refractivity contribution in [2.24, 2.45) is 23.7 Å². The molecule has 0 bridgehead atoms. The number of phenolic OH excluding ortho intramolecular Hbond substituents is 2. The van der Waals surface area contributed by atoms with Crippen LogP contribution >= 0.6 is 25.3 Å². The Morgan fingerprint density at radius 3 is 1.79 bits per heavy atom. The molecule has 0 amide bonds. The topological polar surface area (TPSA) is 578 Å². The molecule has 34 heteroatoms. The Kier molecular flexibility index (Phi) is 16.6. The summed E-state index contributed by atoms with van der Waals surface area (Å²) in [6, 6.07) is 0.270. The van der Waals surface area contributed by atoms with Crippen LogP contribution in [0.15, 0.2) is 16.5 Å². The SMILES string of the molecule is Nc1c(O)c(C(=O)OC(=O)C(=O)O)c2c(c1OC(=O)C(C(O)C(O)C(O)C(=O)O)C1C(O)C(C(=O)O)C(O)C(C(=O)OC(C(=O)O)C(O)c3cc(O)c(C(=O)O)c(S)c3O)C1O)OC(S)C(C(=O)O)=C2O. The van der Waals surface area contributed by atoms with E-state index in [-0.39, 0.29) is 6.07 Å². The van der Waals surface area contributed by atoms with E-state index in [0.717, 1.165) is 0 Å². The number of rotatable bonds is 16. The number of carbonyl (C=O) groups is 10. The molecular weight excluding hydrogens is 1020 g/mol. The van der Waals surface area contributed by atoms with E-state index in [0.29, 0.717) is 0 Å². The Morgan fingerprint density at radius 2 is 1.30 bits per heavy atom. The van der Waals surface area contributed by atoms with Gasteiger partial charge in [-0.1, -0.05) is 0 Å². The zero-order chi connectivity index (χ0) is 54.3. The highest BCUT2D eigenvalue weighted by molar-refractivity contribution is 7.81. The van der Waals surface area contributed by atoms with Gasteiger partial charge in [-0.3, -0.25) is 14.4 Å². The summed E-state index contributed by atoms with van der Waals surface area (Å²) in [5.41, 5.74) is -4.50. The molecule has 4 rings (SSSR count). The van der Waals surface area contributed by atoms with Gasteiger partial charge in [0.1, 0.15) is 63.7 Å². The van der Waals surface area contributed by atoms with E-state index < -0.39 is 211 Å². The lowest BCUT2D eigenvalue weighted by molar-refractivity contribution is -0.216. The minimum absolute atomic E-state index is 0.270. The predicted molar refractivity (Wildman–Crippen MR) is 219 cm³/mol. The van der Waals surface area contributed by atoms with Gasteiger partial charge in [-0.15, -0.1) is 25.3 Å². The molecule has 2 aromatic rings. The van der Waals surface area contributed by atoms with Crippen molar-refractivity contribution in [1.82, 2.24) is 0 Å². The zero-order valence-electron chi connectivity index (χ0n) is 34.4. The monoisotopic (exact) mass is 1050 g/mol. The molecule has 13 atom stereocenters. The quantitative estimate of drug-likeness (QED) is 0.0109. The number of nitrogen functional groups attached to an aromatic ring is 1. The Hall–Kier alpha value is -7.70. The molecule has 0 saturated heterocycles. The van der Waals surface area contributed by atoms with E-state index in [9.17, 15) is 130 Å². The number of fused-ring (bicyclic) bond motifs is 1. The highest BCUT2D eigenvalue weighted by Gasteiger charge is 2.61. The number of benzene rings is 2. The third kappa shape index (κ3) is 10.3. The molecule has 0 radical (unpaired) electrons. The van der Waals surface area contributed by atoms with Crippen LogP contribution in [-0.2, 0) is 47.8 Å². The molecule has 1 aliphatic heterocycles. The number of carbonyl (C=O) groups excluding carboxylic acids is 4. The maximum absolute atomic E-state index is 14.4. The first kappa shape index (κ1) is 55.9. The summed E-state index contributed by atoms with van der Waals surface area (Å²) in [6.07, 6.45) is -25.0. The summed E-state index contributed by atoms with van der Waals surface area (Å²) in [6.45, 7) is 0. The van der Waals surface area contributed by atoms with Crippen LogP contribution in [0.2, 0.25) is 0 Å². The van der Waals surface area contributed by atoms with Crippen molar-refractivity contribution in [3.8, 4) is 28.7 Å². The second kappa shape index (κ2) is 21.1. The summed E-state index contributed by atoms with van der Waals surface area (Å²) in [4.78, 5) is 123. The number of phenols is 3. The molecule has 1 heterocycles. The fraction of sp³-hybridized carbons (Fsp3) is 0.351. The highest BCUT2D eigenvalue weighted by atomic mass is 32.1. The number of aliphatic carboxylic acids is 5. The summed E-state index contributed by atoms with van der Waals surface area (Å²) in [7, 11) is 0. The normalized spacial score (nSPS) is 23.2. The van der Waals surface area contributed by atoms with Gasteiger partial charge in [-0.25, -0.2) is 33.6 Å². The first-order valence-electron chi connectivity index (χ1n) is 18.8. The average Bonchev–Trinajstić information content (AvgIpc) is 3.25. The summed E-state index contributed by atoms with van der Waals surface area (Å²) < 4.78 is 19.2. The molecule has 2 aliphatic rings. The number of aliphatic hydroxyl groups excluding tert-OH is 8. The lowest BCUT2D eigenvalue weighted by Gasteiger charge is -2.47. The number of esters is 4. The van der Waals surface area contributed by atoms with Gasteiger partial charge in [-0.2, -0.15) is 0 Å². The molecule has 19 N–H and O–H groups in total. The smallest absolute Gasteiger partial charge is 0.425 e. The third-order valence-corrected chi connectivity index (χ3v) is 11.6. The van der Waals surface area contributed by atoms with Crippen LogP contribution < -0.4 is 15.2 Å². The molecule has 386 valence electrons. The predicted octanol–water partition coefficient (Wildman–Crippen LogP) is -5.41. The number of aromatic carboxylic acids is 1. The van der Waals surface area contributed by atoms with Crippen molar-refractivity contribution in [2.45, 2.75) is 59.2 Å². The second-order valence-corrected chi connectivity index (χ2v) is 15.8. The molecule has 0 aromatic heterocycles. The van der Waals surface area contributed by atoms with Crippen molar-refractivity contribution in [2.75, 3.05) is 5.73 Å². The Morgan fingerprint density at radius 1 is 0.732 bits per heavy atom.